The predicted molar refractivity (Wildman–Crippen MR) is 7.61 cm³/mol. The van der Waals surface area contributed by atoms with Crippen LogP contribution in [0.3, 0.4) is 0 Å². The Morgan fingerprint density at radius 1 is 1.14 bits per heavy atom. The molecule has 4 nitrogen and oxygen atoms in total. The number of hydrogen-bond donors (Lipinski definition) is 0. The molecule has 0 aromatic rings. The van der Waals surface area contributed by atoms with E-state index in [2.05, 4.69) is 0 Å². The van der Waals surface area contributed by atoms with Crippen molar-refractivity contribution in [3.63, 3.8) is 0 Å². The zero-order chi connectivity index (χ0) is 4.50. The van der Waals surface area contributed by atoms with Gasteiger partial charge in [0.15, 0.2) is 0 Å². The van der Waals surface area contributed by atoms with Crippen LogP contribution in [0.4, 0.5) is 0 Å². The molecule has 0 aliphatic heterocycles. The molecule has 0 rings (SSSR count). The van der Waals surface area contributed by atoms with Crippen LogP contribution in [-0.2, 0) is 38.4 Å². The fourth-order valence-electron chi connectivity index (χ4n) is 0. The molecular weight excluding hydrogens is 210 g/mol. The zero-order valence-corrected chi connectivity index (χ0v) is 5.81. The topological polar surface area (TPSA) is 86.2 Å². The molecule has 0 aliphatic carbocycles. The minimum absolute atomic E-state index is 0. The van der Waals surface area contributed by atoms with Gasteiger partial charge in [-0.05, 0) is 0 Å². The van der Waals surface area contributed by atoms with Crippen LogP contribution in [0.25, 0.3) is 0 Å². The van der Waals surface area contributed by atoms with Crippen LogP contribution in [0.1, 0.15) is 0 Å². The third-order valence-corrected chi connectivity index (χ3v) is 0. The summed E-state index contributed by atoms with van der Waals surface area (Å²) in [7, 11) is -5.39. The first-order valence-corrected chi connectivity index (χ1v) is 2.19. The summed E-state index contributed by atoms with van der Waals surface area (Å²) in [6.45, 7) is 0. The summed E-state index contributed by atoms with van der Waals surface area (Å²) < 4.78 is 8.55. The van der Waals surface area contributed by atoms with Crippen molar-refractivity contribution in [3.05, 3.63) is 0 Å². The van der Waals surface area contributed by atoms with E-state index in [9.17, 15) is 0 Å². The Balaban J connectivity index is -0.0000000800. The molecule has 0 aromatic carbocycles. The van der Waals surface area contributed by atoms with Gasteiger partial charge in [0.25, 0.3) is 0 Å². The van der Waals surface area contributed by atoms with Crippen LogP contribution in [-0.4, -0.2) is 0 Å². The molecule has 7 heteroatoms. The van der Waals surface area contributed by atoms with Crippen molar-refractivity contribution < 1.29 is 53.1 Å². The summed E-state index contributed by atoms with van der Waals surface area (Å²) in [5.74, 6) is 0. The van der Waals surface area contributed by atoms with Crippen LogP contribution in [0.2, 0.25) is 0 Å². The number of rotatable bonds is 0. The van der Waals surface area contributed by atoms with Crippen LogP contribution in [0.5, 0.6) is 0 Å². The molecule has 0 amide bonds. The largest absolute Gasteiger partial charge is 2.00 e. The van der Waals surface area contributed by atoms with Crippen molar-refractivity contribution in [3.8, 4) is 0 Å². The minimum atomic E-state index is -5.39. The number of phosphoric acid groups is 1. The molecule has 0 saturated heterocycles. The van der Waals surface area contributed by atoms with E-state index >= 15 is 0 Å². The van der Waals surface area contributed by atoms with Gasteiger partial charge in [0.2, 0.25) is 0 Å². The Morgan fingerprint density at radius 2 is 1.14 bits per heavy atom. The molecule has 45 valence electrons. The van der Waals surface area contributed by atoms with E-state index in [-0.39, 0.29) is 33.8 Å². The van der Waals surface area contributed by atoms with E-state index < -0.39 is 7.82 Å². The van der Waals surface area contributed by atoms with Crippen molar-refractivity contribution in [2.75, 3.05) is 0 Å². The molecule has 0 unspecified atom stereocenters. The first kappa shape index (κ1) is 15.7. The summed E-state index contributed by atoms with van der Waals surface area (Å²) >= 11 is 0. The Labute approximate surface area is 61.2 Å². The fourth-order valence-corrected chi connectivity index (χ4v) is 0. The molecule has 1 radical (unpaired) electrons. The monoisotopic (exact) mass is 210 g/mol. The average Bonchev–Trinajstić information content (AvgIpc) is 0.722. The van der Waals surface area contributed by atoms with Gasteiger partial charge in [-0.25, -0.2) is 0 Å². The first-order chi connectivity index (χ1) is 2.00. The first-order valence-electron chi connectivity index (χ1n) is 0.730. The molecule has 0 atom stereocenters. The van der Waals surface area contributed by atoms with Crippen molar-refractivity contribution in [1.82, 2.24) is 0 Å². The maximum atomic E-state index is 8.55. The fraction of sp³-hybridized carbons (Fsp3) is 0. The summed E-state index contributed by atoms with van der Waals surface area (Å²) in [6.07, 6.45) is 0. The van der Waals surface area contributed by atoms with Crippen molar-refractivity contribution in [2.45, 2.75) is 0 Å². The molecule has 0 saturated carbocycles. The van der Waals surface area contributed by atoms with E-state index in [1.165, 1.54) is 0 Å². The maximum absolute atomic E-state index is 8.55. The van der Waals surface area contributed by atoms with E-state index in [4.69, 9.17) is 19.2 Å². The minimum Gasteiger partial charge on any atom is -0.822 e. The molecule has 0 heterocycles. The molecule has 0 aliphatic rings. The van der Waals surface area contributed by atoms with E-state index in [0.717, 1.165) is 0 Å². The van der Waals surface area contributed by atoms with Gasteiger partial charge >= 0.3 is 33.8 Å². The SMILES string of the molecule is O=P([O-])([O-])[O-].[Co+2].[Fe+2]. The van der Waals surface area contributed by atoms with Gasteiger partial charge < -0.3 is 19.2 Å². The predicted octanol–water partition coefficient (Wildman–Crippen LogP) is -2.83. The van der Waals surface area contributed by atoms with Gasteiger partial charge in [0, 0.05) is 0 Å². The second-order valence-corrected chi connectivity index (χ2v) is 1.34. The van der Waals surface area contributed by atoms with Crippen LogP contribution < -0.4 is 14.7 Å². The summed E-state index contributed by atoms with van der Waals surface area (Å²) in [4.78, 5) is 25.6. The molecular formula is CoFeO4P+. The summed E-state index contributed by atoms with van der Waals surface area (Å²) in [5.41, 5.74) is 0. The van der Waals surface area contributed by atoms with Crippen LogP contribution in [0, 0.1) is 0 Å². The normalized spacial score (nSPS) is 8.43. The molecule has 0 N–H and O–H groups in total. The van der Waals surface area contributed by atoms with Gasteiger partial charge in [0.1, 0.15) is 0 Å². The molecule has 0 fully saturated rings. The Hall–Kier alpha value is 1.14. The molecule has 0 aromatic heterocycles. The average molecular weight is 210 g/mol. The molecule has 7 heavy (non-hydrogen) atoms. The summed E-state index contributed by atoms with van der Waals surface area (Å²) in [5, 5.41) is 0. The summed E-state index contributed by atoms with van der Waals surface area (Å²) in [6, 6.07) is 0. The second-order valence-electron chi connectivity index (χ2n) is 0.447. The molecule has 0 bridgehead atoms. The van der Waals surface area contributed by atoms with Crippen LogP contribution in [0.15, 0.2) is 0 Å². The van der Waals surface area contributed by atoms with Crippen molar-refractivity contribution in [2.24, 2.45) is 0 Å². The van der Waals surface area contributed by atoms with E-state index in [0.29, 0.717) is 0 Å². The number of hydrogen-bond acceptors (Lipinski definition) is 4. The standard InChI is InChI=1S/Co.Fe.H3O4P/c;;1-5(2,3)4/h;;(H3,1,2,3,4)/q2*+2;/p-3. The molecule has 0 spiro atoms. The van der Waals surface area contributed by atoms with E-state index in [1.54, 1.807) is 0 Å². The van der Waals surface area contributed by atoms with Crippen LogP contribution >= 0.6 is 7.82 Å². The maximum Gasteiger partial charge on any atom is 2.00 e. The van der Waals surface area contributed by atoms with Gasteiger partial charge in [-0.3, -0.25) is 0 Å². The van der Waals surface area contributed by atoms with Crippen molar-refractivity contribution >= 4 is 7.82 Å². The van der Waals surface area contributed by atoms with Gasteiger partial charge in [-0.2, -0.15) is 7.82 Å². The zero-order valence-electron chi connectivity index (χ0n) is 2.77. The second kappa shape index (κ2) is 5.28. The Bertz CT molecular complexity index is 57.8. The Morgan fingerprint density at radius 3 is 1.14 bits per heavy atom. The third-order valence-electron chi connectivity index (χ3n) is 0. The quantitative estimate of drug-likeness (QED) is 0.318. The van der Waals surface area contributed by atoms with Gasteiger partial charge in [-0.1, -0.05) is 0 Å². The third kappa shape index (κ3) is 146. The van der Waals surface area contributed by atoms with E-state index in [1.807, 2.05) is 0 Å². The Kier molecular flexibility index (Phi) is 11.8. The van der Waals surface area contributed by atoms with Crippen molar-refractivity contribution in [1.29, 1.82) is 0 Å². The smallest absolute Gasteiger partial charge is 0.822 e. The van der Waals surface area contributed by atoms with Gasteiger partial charge in [-0.15, -0.1) is 0 Å². The van der Waals surface area contributed by atoms with Gasteiger partial charge in [0.05, 0.1) is 0 Å².